The average Bonchev–Trinajstić information content (AvgIpc) is 3.85. The first kappa shape index (κ1) is 35.7. The van der Waals surface area contributed by atoms with Gasteiger partial charge in [-0.25, -0.2) is 15.0 Å². The number of hydrogen-bond donors (Lipinski definition) is 0. The Morgan fingerprint density at radius 1 is 0.306 bits per heavy atom. The first-order chi connectivity index (χ1) is 30.7. The molecule has 1 aliphatic carbocycles. The minimum absolute atomic E-state index is 0.581. The summed E-state index contributed by atoms with van der Waals surface area (Å²) in [5.74, 6) is 1.92. The van der Waals surface area contributed by atoms with Crippen LogP contribution in [0.3, 0.4) is 0 Å². The topological polar surface area (TPSA) is 43.6 Å². The van der Waals surface area contributed by atoms with Gasteiger partial charge in [0.1, 0.15) is 0 Å². The second-order valence-corrected chi connectivity index (χ2v) is 16.0. The van der Waals surface area contributed by atoms with Gasteiger partial charge in [0.15, 0.2) is 17.5 Å². The van der Waals surface area contributed by atoms with Crippen LogP contribution in [0.5, 0.6) is 0 Å². The lowest BCUT2D eigenvalue weighted by Crippen LogP contribution is -2.28. The standard InChI is InChI=1S/C58H38N4/c1-5-18-39(19-6-1)42-24-17-25-44(36-42)58(51-30-15-13-28-47(51)48-29-14-16-31-52(48)58)45-33-34-49-50-37-43(32-35-53(50)62(54(49)38-45)46-26-11-4-12-27-46)57-60-55(40-20-7-2-8-21-40)59-56(61-57)41-22-9-3-10-23-41/h1-38H. The molecule has 1 aliphatic rings. The third-order valence-corrected chi connectivity index (χ3v) is 12.5. The summed E-state index contributed by atoms with van der Waals surface area (Å²) in [6, 6.07) is 82.6. The molecule has 0 amide bonds. The Morgan fingerprint density at radius 3 is 1.42 bits per heavy atom. The van der Waals surface area contributed by atoms with Crippen molar-refractivity contribution in [2.45, 2.75) is 5.41 Å². The van der Waals surface area contributed by atoms with Gasteiger partial charge in [-0.1, -0.05) is 188 Å². The molecule has 2 heterocycles. The van der Waals surface area contributed by atoms with Gasteiger partial charge in [0.05, 0.1) is 16.4 Å². The molecule has 0 atom stereocenters. The molecule has 4 nitrogen and oxygen atoms in total. The zero-order valence-electron chi connectivity index (χ0n) is 33.7. The fourth-order valence-electron chi connectivity index (χ4n) is 9.77. The van der Waals surface area contributed by atoms with Crippen LogP contribution in [0, 0.1) is 0 Å². The van der Waals surface area contributed by atoms with E-state index in [1.807, 2.05) is 60.7 Å². The van der Waals surface area contributed by atoms with Gasteiger partial charge in [0.25, 0.3) is 0 Å². The molecule has 290 valence electrons. The van der Waals surface area contributed by atoms with Crippen molar-refractivity contribution in [2.24, 2.45) is 0 Å². The molecular formula is C58H38N4. The average molecular weight is 791 g/mol. The van der Waals surface area contributed by atoms with Gasteiger partial charge in [0, 0.05) is 33.2 Å². The Bertz CT molecular complexity index is 3350. The van der Waals surface area contributed by atoms with Crippen molar-refractivity contribution < 1.29 is 0 Å². The molecule has 4 heteroatoms. The van der Waals surface area contributed by atoms with Gasteiger partial charge >= 0.3 is 0 Å². The van der Waals surface area contributed by atoms with E-state index >= 15 is 0 Å². The summed E-state index contributed by atoms with van der Waals surface area (Å²) < 4.78 is 2.41. The number of nitrogens with zero attached hydrogens (tertiary/aromatic N) is 4. The van der Waals surface area contributed by atoms with Crippen LogP contribution in [0.2, 0.25) is 0 Å². The summed E-state index contributed by atoms with van der Waals surface area (Å²) in [5, 5.41) is 2.28. The van der Waals surface area contributed by atoms with E-state index in [2.05, 4.69) is 174 Å². The van der Waals surface area contributed by atoms with Crippen molar-refractivity contribution >= 4 is 21.8 Å². The van der Waals surface area contributed by atoms with Crippen LogP contribution in [0.1, 0.15) is 22.3 Å². The summed E-state index contributed by atoms with van der Waals surface area (Å²) in [6.07, 6.45) is 0. The second-order valence-electron chi connectivity index (χ2n) is 16.0. The van der Waals surface area contributed by atoms with Crippen LogP contribution in [-0.2, 0) is 5.41 Å². The molecule has 0 saturated heterocycles. The Morgan fingerprint density at radius 2 is 0.806 bits per heavy atom. The molecule has 0 fully saturated rings. The van der Waals surface area contributed by atoms with Crippen molar-refractivity contribution in [3.05, 3.63) is 253 Å². The van der Waals surface area contributed by atoms with Gasteiger partial charge in [-0.15, -0.1) is 0 Å². The van der Waals surface area contributed by atoms with Crippen LogP contribution >= 0.6 is 0 Å². The van der Waals surface area contributed by atoms with Crippen LogP contribution < -0.4 is 0 Å². The second kappa shape index (κ2) is 14.5. The summed E-state index contributed by atoms with van der Waals surface area (Å²) in [6.45, 7) is 0. The maximum atomic E-state index is 5.10. The Hall–Kier alpha value is -8.21. The van der Waals surface area contributed by atoms with Crippen LogP contribution in [0.25, 0.3) is 83.9 Å². The summed E-state index contributed by atoms with van der Waals surface area (Å²) >= 11 is 0. The van der Waals surface area contributed by atoms with Crippen molar-refractivity contribution in [3.8, 4) is 62.1 Å². The molecule has 0 radical (unpaired) electrons. The first-order valence-electron chi connectivity index (χ1n) is 21.1. The molecule has 2 aromatic heterocycles. The molecule has 0 spiro atoms. The number of hydrogen-bond acceptors (Lipinski definition) is 3. The zero-order valence-corrected chi connectivity index (χ0v) is 33.7. The summed E-state index contributed by atoms with van der Waals surface area (Å²) in [4.78, 5) is 15.2. The normalized spacial score (nSPS) is 12.6. The number of rotatable bonds is 7. The quantitative estimate of drug-likeness (QED) is 0.161. The highest BCUT2D eigenvalue weighted by molar-refractivity contribution is 6.11. The van der Waals surface area contributed by atoms with E-state index in [0.29, 0.717) is 17.5 Å². The lowest BCUT2D eigenvalue weighted by atomic mass is 9.67. The minimum atomic E-state index is -0.581. The van der Waals surface area contributed by atoms with E-state index in [-0.39, 0.29) is 0 Å². The third kappa shape index (κ3) is 5.65. The Labute approximate surface area is 360 Å². The van der Waals surface area contributed by atoms with Gasteiger partial charge in [-0.3, -0.25) is 0 Å². The number of aromatic nitrogens is 4. The maximum Gasteiger partial charge on any atom is 0.164 e. The van der Waals surface area contributed by atoms with E-state index in [0.717, 1.165) is 44.2 Å². The SMILES string of the molecule is c1ccc(-c2cccc(C3(c4ccc5c6cc(-c7nc(-c8ccccc8)nc(-c8ccccc8)n7)ccc6n(-c6ccccc6)c5c4)c4ccccc4-c4ccccc43)c2)cc1. The third-order valence-electron chi connectivity index (χ3n) is 12.5. The number of benzene rings is 9. The first-order valence-corrected chi connectivity index (χ1v) is 21.1. The van der Waals surface area contributed by atoms with Gasteiger partial charge in [-0.05, 0) is 87.0 Å². The van der Waals surface area contributed by atoms with Crippen molar-refractivity contribution in [2.75, 3.05) is 0 Å². The van der Waals surface area contributed by atoms with Crippen molar-refractivity contribution in [1.29, 1.82) is 0 Å². The molecule has 0 saturated carbocycles. The van der Waals surface area contributed by atoms with Crippen LogP contribution in [0.15, 0.2) is 231 Å². The molecule has 62 heavy (non-hydrogen) atoms. The van der Waals surface area contributed by atoms with E-state index in [4.69, 9.17) is 15.0 Å². The number of fused-ring (bicyclic) bond motifs is 6. The highest BCUT2D eigenvalue weighted by Crippen LogP contribution is 2.57. The molecule has 0 bridgehead atoms. The fourth-order valence-corrected chi connectivity index (χ4v) is 9.77. The Balaban J connectivity index is 1.12. The fraction of sp³-hybridized carbons (Fsp3) is 0.0172. The van der Waals surface area contributed by atoms with E-state index < -0.39 is 5.41 Å². The van der Waals surface area contributed by atoms with Crippen LogP contribution in [-0.4, -0.2) is 19.5 Å². The molecule has 11 aromatic rings. The van der Waals surface area contributed by atoms with Crippen molar-refractivity contribution in [1.82, 2.24) is 19.5 Å². The lowest BCUT2D eigenvalue weighted by Gasteiger charge is -2.34. The molecular weight excluding hydrogens is 753 g/mol. The molecule has 9 aromatic carbocycles. The summed E-state index contributed by atoms with van der Waals surface area (Å²) in [5.41, 5.74) is 15.5. The molecule has 0 unspecified atom stereocenters. The monoisotopic (exact) mass is 790 g/mol. The highest BCUT2D eigenvalue weighted by Gasteiger charge is 2.46. The predicted octanol–water partition coefficient (Wildman–Crippen LogP) is 14.0. The lowest BCUT2D eigenvalue weighted by molar-refractivity contribution is 0.770. The Kier molecular flexibility index (Phi) is 8.36. The van der Waals surface area contributed by atoms with Gasteiger partial charge in [-0.2, -0.15) is 0 Å². The van der Waals surface area contributed by atoms with E-state index in [9.17, 15) is 0 Å². The van der Waals surface area contributed by atoms with E-state index in [1.54, 1.807) is 0 Å². The maximum absolute atomic E-state index is 5.10. The van der Waals surface area contributed by atoms with E-state index in [1.165, 1.54) is 44.5 Å². The molecule has 0 aliphatic heterocycles. The van der Waals surface area contributed by atoms with Gasteiger partial charge in [0.2, 0.25) is 0 Å². The predicted molar refractivity (Wildman–Crippen MR) is 253 cm³/mol. The van der Waals surface area contributed by atoms with Crippen LogP contribution in [0.4, 0.5) is 0 Å². The molecule has 12 rings (SSSR count). The highest BCUT2D eigenvalue weighted by atomic mass is 15.0. The zero-order chi connectivity index (χ0) is 41.0. The largest absolute Gasteiger partial charge is 0.309 e. The van der Waals surface area contributed by atoms with Crippen molar-refractivity contribution in [3.63, 3.8) is 0 Å². The smallest absolute Gasteiger partial charge is 0.164 e. The molecule has 0 N–H and O–H groups in total. The number of para-hydroxylation sites is 1. The van der Waals surface area contributed by atoms with Gasteiger partial charge < -0.3 is 4.57 Å². The summed E-state index contributed by atoms with van der Waals surface area (Å²) in [7, 11) is 0. The minimum Gasteiger partial charge on any atom is -0.309 e.